The van der Waals surface area contributed by atoms with Crippen molar-refractivity contribution in [2.45, 2.75) is 25.3 Å². The molecule has 0 bridgehead atoms. The summed E-state index contributed by atoms with van der Waals surface area (Å²) in [6.07, 6.45) is 2.17. The van der Waals surface area contributed by atoms with Crippen molar-refractivity contribution in [3.05, 3.63) is 89.5 Å². The molecule has 0 aliphatic carbocycles. The Labute approximate surface area is 188 Å². The number of fused-ring (bicyclic) bond motifs is 1. The molecule has 0 aromatic heterocycles. The van der Waals surface area contributed by atoms with E-state index < -0.39 is 0 Å². The smallest absolute Gasteiger partial charge is 0.315 e. The van der Waals surface area contributed by atoms with Crippen molar-refractivity contribution < 1.29 is 19.0 Å². The van der Waals surface area contributed by atoms with Gasteiger partial charge in [0.25, 0.3) is 0 Å². The first-order valence-corrected chi connectivity index (χ1v) is 10.8. The number of carbonyl (C=O) groups is 1. The maximum absolute atomic E-state index is 12.6. The Morgan fingerprint density at radius 3 is 2.41 bits per heavy atom. The van der Waals surface area contributed by atoms with Crippen LogP contribution in [0.25, 0.3) is 0 Å². The van der Waals surface area contributed by atoms with Crippen LogP contribution in [0, 0.1) is 0 Å². The summed E-state index contributed by atoms with van der Waals surface area (Å²) in [6.45, 7) is 0.825. The van der Waals surface area contributed by atoms with E-state index >= 15 is 0 Å². The molecule has 0 spiro atoms. The molecule has 166 valence electrons. The van der Waals surface area contributed by atoms with Crippen molar-refractivity contribution in [3.63, 3.8) is 0 Å². The van der Waals surface area contributed by atoms with Gasteiger partial charge in [-0.3, -0.25) is 0 Å². The molecule has 0 unspecified atom stereocenters. The number of hydrogen-bond acceptors (Lipinski definition) is 4. The first kappa shape index (κ1) is 21.6. The van der Waals surface area contributed by atoms with Crippen LogP contribution in [-0.2, 0) is 19.3 Å². The summed E-state index contributed by atoms with van der Waals surface area (Å²) in [5.41, 5.74) is 3.40. The van der Waals surface area contributed by atoms with Gasteiger partial charge < -0.3 is 24.8 Å². The zero-order valence-electron chi connectivity index (χ0n) is 18.2. The average Bonchev–Trinajstić information content (AvgIpc) is 3.28. The molecule has 1 aliphatic rings. The fourth-order valence-electron chi connectivity index (χ4n) is 3.77. The van der Waals surface area contributed by atoms with Crippen LogP contribution in [0.15, 0.2) is 72.8 Å². The first-order valence-electron chi connectivity index (χ1n) is 10.8. The van der Waals surface area contributed by atoms with E-state index in [-0.39, 0.29) is 18.9 Å². The summed E-state index contributed by atoms with van der Waals surface area (Å²) >= 11 is 0. The Bertz CT molecular complexity index is 1020. The number of carbonyl (C=O) groups excluding carboxylic acids is 1. The fraction of sp³-hybridized carbons (Fsp3) is 0.269. The van der Waals surface area contributed by atoms with Crippen LogP contribution < -0.4 is 24.8 Å². The number of ether oxygens (including phenoxy) is 3. The minimum atomic E-state index is -0.166. The fourth-order valence-corrected chi connectivity index (χ4v) is 3.77. The van der Waals surface area contributed by atoms with E-state index in [0.29, 0.717) is 19.4 Å². The summed E-state index contributed by atoms with van der Waals surface area (Å²) < 4.78 is 16.2. The van der Waals surface area contributed by atoms with Crippen LogP contribution in [0.3, 0.4) is 0 Å². The summed E-state index contributed by atoms with van der Waals surface area (Å²) in [4.78, 5) is 12.6. The molecular formula is C26H28N2O4. The molecule has 3 aromatic rings. The van der Waals surface area contributed by atoms with Gasteiger partial charge in [-0.15, -0.1) is 0 Å². The van der Waals surface area contributed by atoms with E-state index in [4.69, 9.17) is 14.2 Å². The second-order valence-electron chi connectivity index (χ2n) is 7.78. The number of nitrogens with one attached hydrogen (secondary N) is 2. The molecule has 2 amide bonds. The molecule has 0 saturated heterocycles. The van der Waals surface area contributed by atoms with Gasteiger partial charge in [-0.25, -0.2) is 4.79 Å². The van der Waals surface area contributed by atoms with Crippen molar-refractivity contribution in [1.82, 2.24) is 10.6 Å². The molecule has 1 atom stereocenters. The van der Waals surface area contributed by atoms with Gasteiger partial charge in [0.1, 0.15) is 5.75 Å². The van der Waals surface area contributed by atoms with Crippen LogP contribution in [0.1, 0.15) is 16.7 Å². The van der Waals surface area contributed by atoms with E-state index in [9.17, 15) is 4.79 Å². The standard InChI is InChI=1S/C26H28N2O4/c1-30-23-10-7-20(8-11-23)15-22(16-21-9-12-24-25(17-21)32-18-31-24)28-26(29)27-14-13-19-5-3-2-4-6-19/h2-12,17,22H,13-16,18H2,1H3,(H2,27,28,29)/t22-/m0/s1. The van der Waals surface area contributed by atoms with Crippen LogP contribution in [0.2, 0.25) is 0 Å². The van der Waals surface area contributed by atoms with Crippen LogP contribution in [0.5, 0.6) is 17.2 Å². The van der Waals surface area contributed by atoms with Gasteiger partial charge in [0.2, 0.25) is 6.79 Å². The highest BCUT2D eigenvalue weighted by Gasteiger charge is 2.18. The largest absolute Gasteiger partial charge is 0.497 e. The molecule has 1 heterocycles. The van der Waals surface area contributed by atoms with E-state index in [1.54, 1.807) is 7.11 Å². The highest BCUT2D eigenvalue weighted by molar-refractivity contribution is 5.74. The van der Waals surface area contributed by atoms with Gasteiger partial charge >= 0.3 is 6.03 Å². The maximum atomic E-state index is 12.6. The van der Waals surface area contributed by atoms with Crippen molar-refractivity contribution in [2.24, 2.45) is 0 Å². The number of urea groups is 1. The van der Waals surface area contributed by atoms with Crippen molar-refractivity contribution >= 4 is 6.03 Å². The number of benzene rings is 3. The summed E-state index contributed by atoms with van der Waals surface area (Å²) in [5, 5.41) is 6.12. The number of rotatable bonds is 9. The minimum absolute atomic E-state index is 0.0829. The SMILES string of the molecule is COc1ccc(C[C@@H](Cc2ccc3c(c2)OCO3)NC(=O)NCCc2ccccc2)cc1. The molecule has 0 fully saturated rings. The van der Waals surface area contributed by atoms with Crippen LogP contribution in [0.4, 0.5) is 4.79 Å². The number of amides is 2. The predicted octanol–water partition coefficient (Wildman–Crippen LogP) is 4.12. The highest BCUT2D eigenvalue weighted by atomic mass is 16.7. The topological polar surface area (TPSA) is 68.8 Å². The lowest BCUT2D eigenvalue weighted by atomic mass is 9.98. The third-order valence-electron chi connectivity index (χ3n) is 5.44. The van der Waals surface area contributed by atoms with Gasteiger partial charge in [0.15, 0.2) is 11.5 Å². The summed E-state index contributed by atoms with van der Waals surface area (Å²) in [5.74, 6) is 2.32. The molecule has 0 radical (unpaired) electrons. The molecule has 6 nitrogen and oxygen atoms in total. The second kappa shape index (κ2) is 10.6. The molecule has 0 saturated carbocycles. The molecular weight excluding hydrogens is 404 g/mol. The maximum Gasteiger partial charge on any atom is 0.315 e. The Morgan fingerprint density at radius 1 is 0.906 bits per heavy atom. The zero-order valence-corrected chi connectivity index (χ0v) is 18.2. The second-order valence-corrected chi connectivity index (χ2v) is 7.78. The Kier molecular flexibility index (Phi) is 7.12. The van der Waals surface area contributed by atoms with E-state index in [2.05, 4.69) is 22.8 Å². The zero-order chi connectivity index (χ0) is 22.2. The van der Waals surface area contributed by atoms with Crippen molar-refractivity contribution in [1.29, 1.82) is 0 Å². The monoisotopic (exact) mass is 432 g/mol. The van der Waals surface area contributed by atoms with Gasteiger partial charge in [-0.05, 0) is 60.2 Å². The third kappa shape index (κ3) is 5.94. The van der Waals surface area contributed by atoms with E-state index in [1.807, 2.05) is 60.7 Å². The van der Waals surface area contributed by atoms with Crippen molar-refractivity contribution in [3.8, 4) is 17.2 Å². The lowest BCUT2D eigenvalue weighted by Gasteiger charge is -2.20. The molecule has 1 aliphatic heterocycles. The normalized spacial score (nSPS) is 12.8. The molecule has 2 N–H and O–H groups in total. The van der Waals surface area contributed by atoms with Gasteiger partial charge in [-0.2, -0.15) is 0 Å². The van der Waals surface area contributed by atoms with E-state index in [1.165, 1.54) is 5.56 Å². The lowest BCUT2D eigenvalue weighted by Crippen LogP contribution is -2.44. The van der Waals surface area contributed by atoms with E-state index in [0.717, 1.165) is 34.8 Å². The molecule has 3 aromatic carbocycles. The van der Waals surface area contributed by atoms with Crippen LogP contribution >= 0.6 is 0 Å². The Hall–Kier alpha value is -3.67. The molecule has 32 heavy (non-hydrogen) atoms. The van der Waals surface area contributed by atoms with Crippen molar-refractivity contribution in [2.75, 3.05) is 20.4 Å². The molecule has 4 rings (SSSR count). The van der Waals surface area contributed by atoms with Gasteiger partial charge in [0, 0.05) is 12.6 Å². The van der Waals surface area contributed by atoms with Crippen LogP contribution in [-0.4, -0.2) is 32.5 Å². The number of hydrogen-bond donors (Lipinski definition) is 2. The third-order valence-corrected chi connectivity index (χ3v) is 5.44. The van der Waals surface area contributed by atoms with Gasteiger partial charge in [-0.1, -0.05) is 48.5 Å². The average molecular weight is 433 g/mol. The highest BCUT2D eigenvalue weighted by Crippen LogP contribution is 2.33. The number of methoxy groups -OCH3 is 1. The molecule has 6 heteroatoms. The Morgan fingerprint density at radius 2 is 1.62 bits per heavy atom. The first-order chi connectivity index (χ1) is 15.7. The lowest BCUT2D eigenvalue weighted by molar-refractivity contribution is 0.174. The van der Waals surface area contributed by atoms with Gasteiger partial charge in [0.05, 0.1) is 7.11 Å². The predicted molar refractivity (Wildman–Crippen MR) is 123 cm³/mol. The quantitative estimate of drug-likeness (QED) is 0.534. The Balaban J connectivity index is 1.39. The summed E-state index contributed by atoms with van der Waals surface area (Å²) in [7, 11) is 1.65. The summed E-state index contributed by atoms with van der Waals surface area (Å²) in [6, 6.07) is 23.7. The minimum Gasteiger partial charge on any atom is -0.497 e.